The van der Waals surface area contributed by atoms with E-state index in [0.29, 0.717) is 13.1 Å². The second-order valence-corrected chi connectivity index (χ2v) is 6.72. The summed E-state index contributed by atoms with van der Waals surface area (Å²) in [5, 5.41) is 10.7. The molecule has 25 heavy (non-hydrogen) atoms. The molecule has 1 N–H and O–H groups in total. The van der Waals surface area contributed by atoms with Crippen LogP contribution in [0.4, 0.5) is 5.69 Å². The topological polar surface area (TPSA) is 45.5 Å². The number of benzene rings is 2. The largest absolute Gasteiger partial charge is 0.395 e. The van der Waals surface area contributed by atoms with Crippen LogP contribution in [0.25, 0.3) is 10.9 Å². The Hall–Kier alpha value is -2.59. The fourth-order valence-electron chi connectivity index (χ4n) is 4.08. The van der Waals surface area contributed by atoms with Gasteiger partial charge in [0.2, 0.25) is 0 Å². The second kappa shape index (κ2) is 6.05. The first-order valence-corrected chi connectivity index (χ1v) is 8.72. The van der Waals surface area contributed by atoms with Crippen LogP contribution in [0.2, 0.25) is 0 Å². The van der Waals surface area contributed by atoms with Crippen molar-refractivity contribution in [2.75, 3.05) is 18.1 Å². The molecule has 1 aliphatic heterocycles. The van der Waals surface area contributed by atoms with E-state index in [1.165, 1.54) is 5.56 Å². The third-order valence-corrected chi connectivity index (χ3v) is 5.02. The van der Waals surface area contributed by atoms with Crippen LogP contribution in [0.15, 0.2) is 42.5 Å². The SMILES string of the molecule is Cc1cc(C)c2c(c1)c1c(n2CCO)C(=O)N(c2ccccc2)CC1. The van der Waals surface area contributed by atoms with Gasteiger partial charge in [-0.15, -0.1) is 0 Å². The molecule has 1 aliphatic rings. The Morgan fingerprint density at radius 1 is 1.12 bits per heavy atom. The number of hydrogen-bond donors (Lipinski definition) is 1. The lowest BCUT2D eigenvalue weighted by molar-refractivity contribution is 0.0970. The van der Waals surface area contributed by atoms with E-state index in [-0.39, 0.29) is 12.5 Å². The number of hydrogen-bond acceptors (Lipinski definition) is 2. The van der Waals surface area contributed by atoms with Gasteiger partial charge in [-0.25, -0.2) is 0 Å². The molecule has 0 saturated carbocycles. The molecule has 3 aromatic rings. The van der Waals surface area contributed by atoms with E-state index >= 15 is 0 Å². The number of aryl methyl sites for hydroxylation is 2. The molecule has 1 aromatic heterocycles. The number of carbonyl (C=O) groups excluding carboxylic acids is 1. The van der Waals surface area contributed by atoms with Crippen LogP contribution in [-0.4, -0.2) is 28.7 Å². The molecule has 4 nitrogen and oxygen atoms in total. The number of nitrogens with zero attached hydrogens (tertiary/aromatic N) is 2. The molecular formula is C21H22N2O2. The van der Waals surface area contributed by atoms with E-state index in [4.69, 9.17) is 0 Å². The van der Waals surface area contributed by atoms with Gasteiger partial charge in [-0.3, -0.25) is 4.79 Å². The van der Waals surface area contributed by atoms with Crippen LogP contribution >= 0.6 is 0 Å². The summed E-state index contributed by atoms with van der Waals surface area (Å²) in [5.74, 6) is 0.0224. The molecule has 2 heterocycles. The number of aliphatic hydroxyl groups excluding tert-OH is 1. The van der Waals surface area contributed by atoms with Gasteiger partial charge in [-0.1, -0.05) is 29.8 Å². The van der Waals surface area contributed by atoms with Crippen LogP contribution in [-0.2, 0) is 13.0 Å². The van der Waals surface area contributed by atoms with Gasteiger partial charge in [0.15, 0.2) is 0 Å². The van der Waals surface area contributed by atoms with Crippen molar-refractivity contribution in [3.8, 4) is 0 Å². The van der Waals surface area contributed by atoms with E-state index in [0.717, 1.165) is 39.8 Å². The molecule has 0 unspecified atom stereocenters. The zero-order valence-electron chi connectivity index (χ0n) is 14.6. The van der Waals surface area contributed by atoms with Crippen LogP contribution in [0.3, 0.4) is 0 Å². The van der Waals surface area contributed by atoms with Crippen molar-refractivity contribution in [3.63, 3.8) is 0 Å². The van der Waals surface area contributed by atoms with Gasteiger partial charge in [-0.05, 0) is 49.6 Å². The lowest BCUT2D eigenvalue weighted by Gasteiger charge is -2.28. The smallest absolute Gasteiger partial charge is 0.275 e. The van der Waals surface area contributed by atoms with E-state index in [2.05, 4.69) is 26.0 Å². The standard InChI is InChI=1S/C21H22N2O2/c1-14-12-15(2)19-18(13-14)17-8-9-22(16-6-4-3-5-7-16)21(25)20(17)23(19)10-11-24/h3-7,12-13,24H,8-11H2,1-2H3. The number of para-hydroxylation sites is 1. The number of aromatic nitrogens is 1. The summed E-state index contributed by atoms with van der Waals surface area (Å²) in [6.45, 7) is 5.30. The zero-order chi connectivity index (χ0) is 17.6. The van der Waals surface area contributed by atoms with Crippen LogP contribution < -0.4 is 4.90 Å². The first-order chi connectivity index (χ1) is 12.1. The summed E-state index contributed by atoms with van der Waals surface area (Å²) in [5.41, 5.74) is 6.20. The number of amides is 1. The number of aliphatic hydroxyl groups is 1. The Bertz CT molecular complexity index is 957. The molecule has 0 saturated heterocycles. The molecule has 0 atom stereocenters. The molecule has 0 spiro atoms. The van der Waals surface area contributed by atoms with Gasteiger partial charge in [0.05, 0.1) is 12.1 Å². The maximum Gasteiger partial charge on any atom is 0.275 e. The molecular weight excluding hydrogens is 312 g/mol. The summed E-state index contributed by atoms with van der Waals surface area (Å²) in [6, 6.07) is 14.1. The highest BCUT2D eigenvalue weighted by atomic mass is 16.3. The fourth-order valence-corrected chi connectivity index (χ4v) is 4.08. The molecule has 2 aromatic carbocycles. The van der Waals surface area contributed by atoms with Crippen molar-refractivity contribution >= 4 is 22.5 Å². The minimum absolute atomic E-state index is 0.0160. The predicted molar refractivity (Wildman–Crippen MR) is 100 cm³/mol. The van der Waals surface area contributed by atoms with Gasteiger partial charge in [0.1, 0.15) is 5.69 Å². The van der Waals surface area contributed by atoms with Crippen LogP contribution in [0, 0.1) is 13.8 Å². The zero-order valence-corrected chi connectivity index (χ0v) is 14.6. The van der Waals surface area contributed by atoms with Crippen LogP contribution in [0.1, 0.15) is 27.2 Å². The molecule has 4 heteroatoms. The molecule has 128 valence electrons. The number of fused-ring (bicyclic) bond motifs is 3. The molecule has 1 amide bonds. The third kappa shape index (κ3) is 2.45. The van der Waals surface area contributed by atoms with Crippen molar-refractivity contribution in [2.24, 2.45) is 0 Å². The van der Waals surface area contributed by atoms with E-state index in [9.17, 15) is 9.90 Å². The Balaban J connectivity index is 1.94. The Kier molecular flexibility index (Phi) is 3.85. The highest BCUT2D eigenvalue weighted by molar-refractivity contribution is 6.11. The monoisotopic (exact) mass is 334 g/mol. The summed E-state index contributed by atoms with van der Waals surface area (Å²) >= 11 is 0. The lowest BCUT2D eigenvalue weighted by atomic mass is 10.00. The van der Waals surface area contributed by atoms with Crippen molar-refractivity contribution in [1.82, 2.24) is 4.57 Å². The van der Waals surface area contributed by atoms with Gasteiger partial charge in [-0.2, -0.15) is 0 Å². The molecule has 0 aliphatic carbocycles. The second-order valence-electron chi connectivity index (χ2n) is 6.72. The number of carbonyl (C=O) groups is 1. The van der Waals surface area contributed by atoms with Crippen LogP contribution in [0.5, 0.6) is 0 Å². The van der Waals surface area contributed by atoms with E-state index < -0.39 is 0 Å². The van der Waals surface area contributed by atoms with Crippen molar-refractivity contribution < 1.29 is 9.90 Å². The Morgan fingerprint density at radius 2 is 1.88 bits per heavy atom. The maximum absolute atomic E-state index is 13.3. The van der Waals surface area contributed by atoms with Gasteiger partial charge < -0.3 is 14.6 Å². The quantitative estimate of drug-likeness (QED) is 0.797. The average Bonchev–Trinajstić information content (AvgIpc) is 2.91. The Morgan fingerprint density at radius 3 is 2.60 bits per heavy atom. The van der Waals surface area contributed by atoms with Crippen molar-refractivity contribution in [2.45, 2.75) is 26.8 Å². The summed E-state index contributed by atoms with van der Waals surface area (Å²) in [6.07, 6.45) is 0.827. The fraction of sp³-hybridized carbons (Fsp3) is 0.286. The highest BCUT2D eigenvalue weighted by Gasteiger charge is 2.32. The molecule has 4 rings (SSSR count). The first kappa shape index (κ1) is 15.9. The number of rotatable bonds is 3. The van der Waals surface area contributed by atoms with Crippen molar-refractivity contribution in [3.05, 3.63) is 64.8 Å². The average molecular weight is 334 g/mol. The van der Waals surface area contributed by atoms with Crippen molar-refractivity contribution in [1.29, 1.82) is 0 Å². The molecule has 0 fully saturated rings. The maximum atomic E-state index is 13.3. The molecule has 0 radical (unpaired) electrons. The summed E-state index contributed by atoms with van der Waals surface area (Å²) in [7, 11) is 0. The number of anilines is 1. The minimum Gasteiger partial charge on any atom is -0.395 e. The molecule has 0 bridgehead atoms. The first-order valence-electron chi connectivity index (χ1n) is 8.72. The normalized spacial score (nSPS) is 14.2. The third-order valence-electron chi connectivity index (χ3n) is 5.02. The minimum atomic E-state index is 0.0160. The van der Waals surface area contributed by atoms with Gasteiger partial charge >= 0.3 is 0 Å². The lowest BCUT2D eigenvalue weighted by Crippen LogP contribution is -2.38. The van der Waals surface area contributed by atoms with Gasteiger partial charge in [0, 0.05) is 24.2 Å². The van der Waals surface area contributed by atoms with E-state index in [1.807, 2.05) is 39.8 Å². The predicted octanol–water partition coefficient (Wildman–Crippen LogP) is 3.45. The summed E-state index contributed by atoms with van der Waals surface area (Å²) < 4.78 is 2.01. The van der Waals surface area contributed by atoms with E-state index in [1.54, 1.807) is 0 Å². The van der Waals surface area contributed by atoms with Gasteiger partial charge in [0.25, 0.3) is 5.91 Å². The highest BCUT2D eigenvalue weighted by Crippen LogP contribution is 2.34. The summed E-state index contributed by atoms with van der Waals surface area (Å²) in [4.78, 5) is 15.1. The Labute approximate surface area is 147 Å².